The molecule has 1 unspecified atom stereocenters. The molecule has 0 bridgehead atoms. The van der Waals surface area contributed by atoms with Crippen molar-refractivity contribution in [2.24, 2.45) is 0 Å². The molecule has 9 heteroatoms. The van der Waals surface area contributed by atoms with Gasteiger partial charge in [0.15, 0.2) is 23.1 Å². The van der Waals surface area contributed by atoms with Crippen molar-refractivity contribution >= 4 is 33.5 Å². The largest absolute Gasteiger partial charge is 0.497 e. The van der Waals surface area contributed by atoms with Crippen molar-refractivity contribution in [3.05, 3.63) is 89.0 Å². The maximum atomic E-state index is 15.1. The van der Waals surface area contributed by atoms with E-state index < -0.39 is 34.2 Å². The van der Waals surface area contributed by atoms with Crippen LogP contribution in [0.4, 0.5) is 8.78 Å². The van der Waals surface area contributed by atoms with Gasteiger partial charge in [0.1, 0.15) is 11.5 Å². The van der Waals surface area contributed by atoms with E-state index in [0.29, 0.717) is 22.6 Å². The van der Waals surface area contributed by atoms with E-state index in [1.807, 2.05) is 0 Å². The molecule has 1 heterocycles. The van der Waals surface area contributed by atoms with Crippen molar-refractivity contribution in [2.45, 2.75) is 4.90 Å². The van der Waals surface area contributed by atoms with Crippen molar-refractivity contribution in [3.8, 4) is 17.2 Å². The first-order chi connectivity index (χ1) is 16.9. The van der Waals surface area contributed by atoms with Crippen molar-refractivity contribution in [1.82, 2.24) is 0 Å². The first-order valence-corrected chi connectivity index (χ1v) is 11.4. The van der Waals surface area contributed by atoms with Gasteiger partial charge in [-0.25, -0.2) is 17.8 Å². The van der Waals surface area contributed by atoms with E-state index in [1.54, 1.807) is 54.6 Å². The van der Waals surface area contributed by atoms with Gasteiger partial charge in [0.05, 0.1) is 41.9 Å². The molecule has 1 atom stereocenters. The smallest absolute Gasteiger partial charge is 0.330 e. The van der Waals surface area contributed by atoms with Gasteiger partial charge in [-0.15, -0.1) is 0 Å². The fourth-order valence-corrected chi connectivity index (χ4v) is 4.99. The van der Waals surface area contributed by atoms with Crippen LogP contribution < -0.4 is 14.2 Å². The number of carbonyl (C=O) groups is 1. The Balaban J connectivity index is 1.80. The van der Waals surface area contributed by atoms with E-state index in [1.165, 1.54) is 20.3 Å². The number of methoxy groups -OCH3 is 3. The van der Waals surface area contributed by atoms with Gasteiger partial charge in [-0.05, 0) is 59.7 Å². The molecule has 6 nitrogen and oxygen atoms in total. The molecule has 0 amide bonds. The minimum absolute atomic E-state index is 0.0274. The number of fused-ring (bicyclic) bond motifs is 1. The Morgan fingerprint density at radius 1 is 0.914 bits per heavy atom. The van der Waals surface area contributed by atoms with Gasteiger partial charge < -0.3 is 18.9 Å². The lowest BCUT2D eigenvalue weighted by atomic mass is 10.1. The van der Waals surface area contributed by atoms with Crippen LogP contribution >= 0.6 is 0 Å². The summed E-state index contributed by atoms with van der Waals surface area (Å²) in [4.78, 5) is 11.3. The number of halogens is 2. The lowest BCUT2D eigenvalue weighted by Crippen LogP contribution is -2.01. The summed E-state index contributed by atoms with van der Waals surface area (Å²) >= 11 is 0. The van der Waals surface area contributed by atoms with Gasteiger partial charge in [0.25, 0.3) is 0 Å². The summed E-state index contributed by atoms with van der Waals surface area (Å²) in [6.07, 6.45) is 2.84. The fourth-order valence-electron chi connectivity index (χ4n) is 3.51. The van der Waals surface area contributed by atoms with Gasteiger partial charge in [0, 0.05) is 11.6 Å². The van der Waals surface area contributed by atoms with Crippen molar-refractivity contribution < 1.29 is 36.7 Å². The summed E-state index contributed by atoms with van der Waals surface area (Å²) in [7, 11) is 1.92. The molecule has 3 aromatic rings. The Kier molecular flexibility index (Phi) is 6.97. The number of carbonyl (C=O) groups excluding carboxylic acids is 1. The third-order valence-corrected chi connectivity index (χ3v) is 6.78. The minimum Gasteiger partial charge on any atom is -0.497 e. The number of benzene rings is 3. The van der Waals surface area contributed by atoms with Gasteiger partial charge >= 0.3 is 5.97 Å². The second-order valence-corrected chi connectivity index (χ2v) is 8.62. The summed E-state index contributed by atoms with van der Waals surface area (Å²) in [5, 5.41) is 0. The zero-order valence-corrected chi connectivity index (χ0v) is 19.8. The SMILES string of the molecule is COC(=O)C=Cc1ccc(OC2=C(c3ccc(OC)cc3)S(=O)c3c2cc(F)c(OC)c3F)cc1. The quantitative estimate of drug-likeness (QED) is 0.330. The zero-order valence-electron chi connectivity index (χ0n) is 19.0. The van der Waals surface area contributed by atoms with Gasteiger partial charge in [-0.1, -0.05) is 12.1 Å². The van der Waals surface area contributed by atoms with Crippen molar-refractivity contribution in [1.29, 1.82) is 0 Å². The topological polar surface area (TPSA) is 71.1 Å². The van der Waals surface area contributed by atoms with Crippen LogP contribution in [0.1, 0.15) is 16.7 Å². The average Bonchev–Trinajstić information content (AvgIpc) is 3.14. The van der Waals surface area contributed by atoms with E-state index >= 15 is 4.39 Å². The summed E-state index contributed by atoms with van der Waals surface area (Å²) in [5.41, 5.74) is 1.22. The average molecular weight is 499 g/mol. The minimum atomic E-state index is -2.01. The number of esters is 1. The molecule has 4 rings (SSSR count). The number of ether oxygens (including phenoxy) is 4. The molecule has 1 aliphatic heterocycles. The summed E-state index contributed by atoms with van der Waals surface area (Å²) < 4.78 is 63.8. The predicted molar refractivity (Wildman–Crippen MR) is 127 cm³/mol. The molecule has 1 aliphatic rings. The Bertz CT molecular complexity index is 1360. The van der Waals surface area contributed by atoms with E-state index in [9.17, 15) is 13.4 Å². The molecule has 0 spiro atoms. The van der Waals surface area contributed by atoms with Crippen molar-refractivity contribution in [3.63, 3.8) is 0 Å². The zero-order chi connectivity index (χ0) is 25.1. The highest BCUT2D eigenvalue weighted by atomic mass is 32.2. The standard InChI is InChI=1S/C26H20F2O6S/c1-31-17-11-7-16(8-12-17)25-23(19-14-20(27)24(33-3)22(28)26(19)35(25)30)34-18-9-4-15(5-10-18)6-13-21(29)32-2/h4-14H,1-3H3. The predicted octanol–water partition coefficient (Wildman–Crippen LogP) is 5.19. The molecule has 180 valence electrons. The number of rotatable bonds is 7. The summed E-state index contributed by atoms with van der Waals surface area (Å²) in [6, 6.07) is 14.3. The highest BCUT2D eigenvalue weighted by Crippen LogP contribution is 2.46. The van der Waals surface area contributed by atoms with Gasteiger partial charge in [-0.2, -0.15) is 0 Å². The van der Waals surface area contributed by atoms with E-state index in [-0.39, 0.29) is 21.1 Å². The molecular weight excluding hydrogens is 478 g/mol. The molecule has 0 saturated heterocycles. The fraction of sp³-hybridized carbons (Fsp3) is 0.115. The van der Waals surface area contributed by atoms with Crippen LogP contribution in [-0.4, -0.2) is 31.5 Å². The number of hydrogen-bond donors (Lipinski definition) is 0. The lowest BCUT2D eigenvalue weighted by Gasteiger charge is -2.12. The highest BCUT2D eigenvalue weighted by molar-refractivity contribution is 7.95. The Labute approximate surface area is 202 Å². The van der Waals surface area contributed by atoms with Crippen LogP contribution in [-0.2, 0) is 20.3 Å². The number of hydrogen-bond acceptors (Lipinski definition) is 6. The first-order valence-electron chi connectivity index (χ1n) is 10.3. The highest BCUT2D eigenvalue weighted by Gasteiger charge is 2.37. The monoisotopic (exact) mass is 498 g/mol. The Morgan fingerprint density at radius 2 is 1.57 bits per heavy atom. The molecule has 0 fully saturated rings. The molecule has 0 saturated carbocycles. The Morgan fingerprint density at radius 3 is 2.17 bits per heavy atom. The molecule has 0 N–H and O–H groups in total. The van der Waals surface area contributed by atoms with E-state index in [2.05, 4.69) is 4.74 Å². The third-order valence-electron chi connectivity index (χ3n) is 5.22. The van der Waals surface area contributed by atoms with Crippen LogP contribution in [0.2, 0.25) is 0 Å². The van der Waals surface area contributed by atoms with Crippen LogP contribution in [0, 0.1) is 11.6 Å². The van der Waals surface area contributed by atoms with Crippen LogP contribution in [0.15, 0.2) is 65.6 Å². The van der Waals surface area contributed by atoms with Crippen LogP contribution in [0.5, 0.6) is 17.2 Å². The maximum absolute atomic E-state index is 15.1. The van der Waals surface area contributed by atoms with E-state index in [4.69, 9.17) is 14.2 Å². The molecule has 35 heavy (non-hydrogen) atoms. The molecule has 0 aliphatic carbocycles. The summed E-state index contributed by atoms with van der Waals surface area (Å²) in [6.45, 7) is 0. The summed E-state index contributed by atoms with van der Waals surface area (Å²) in [5.74, 6) is -2.13. The lowest BCUT2D eigenvalue weighted by molar-refractivity contribution is -0.134. The maximum Gasteiger partial charge on any atom is 0.330 e. The molecule has 3 aromatic carbocycles. The molecule has 0 radical (unpaired) electrons. The van der Waals surface area contributed by atoms with Gasteiger partial charge in [0.2, 0.25) is 0 Å². The molecular formula is C26H20F2O6S. The van der Waals surface area contributed by atoms with Crippen molar-refractivity contribution in [2.75, 3.05) is 21.3 Å². The Hall–Kier alpha value is -3.98. The van der Waals surface area contributed by atoms with Crippen LogP contribution in [0.3, 0.4) is 0 Å². The third kappa shape index (κ3) is 4.67. The normalized spacial score (nSPS) is 14.7. The van der Waals surface area contributed by atoms with Gasteiger partial charge in [-0.3, -0.25) is 0 Å². The second-order valence-electron chi connectivity index (χ2n) is 7.27. The van der Waals surface area contributed by atoms with E-state index in [0.717, 1.165) is 13.2 Å². The second kappa shape index (κ2) is 10.1. The van der Waals surface area contributed by atoms with Crippen LogP contribution in [0.25, 0.3) is 16.7 Å². The molecule has 0 aromatic heterocycles. The first kappa shape index (κ1) is 24.2.